The summed E-state index contributed by atoms with van der Waals surface area (Å²) in [6.07, 6.45) is 0.993. The molecular weight excluding hydrogens is 398 g/mol. The lowest BCUT2D eigenvalue weighted by Crippen LogP contribution is -2.36. The number of benzene rings is 2. The predicted molar refractivity (Wildman–Crippen MR) is 117 cm³/mol. The van der Waals surface area contributed by atoms with Crippen molar-refractivity contribution in [3.05, 3.63) is 64.0 Å². The number of non-ortho nitro benzene ring substituents is 1. The van der Waals surface area contributed by atoms with Crippen molar-refractivity contribution in [2.45, 2.75) is 26.4 Å². The summed E-state index contributed by atoms with van der Waals surface area (Å²) in [5, 5.41) is 13.8. The molecule has 1 aromatic heterocycles. The number of carbonyl (C=O) groups excluding carboxylic acids is 1. The van der Waals surface area contributed by atoms with Crippen LogP contribution in [0.5, 0.6) is 0 Å². The number of nitrogens with zero attached hydrogens (tertiary/aromatic N) is 4. The molecule has 1 aliphatic rings. The molecule has 9 heteroatoms. The number of morpholine rings is 1. The van der Waals surface area contributed by atoms with Gasteiger partial charge in [-0.3, -0.25) is 19.8 Å². The molecule has 1 fully saturated rings. The SMILES string of the molecule is CCCn1c(CN2CCOCC2)nc2cc(NC(=O)c3cccc([N+](=O)[O-])c3)ccc21. The number of aromatic nitrogens is 2. The average Bonchev–Trinajstić information content (AvgIpc) is 3.11. The van der Waals surface area contributed by atoms with E-state index in [1.165, 1.54) is 18.2 Å². The summed E-state index contributed by atoms with van der Waals surface area (Å²) < 4.78 is 7.67. The standard InChI is InChI=1S/C22H25N5O4/c1-2-8-26-20-7-6-17(23-22(28)16-4-3-5-18(13-16)27(29)30)14-19(20)24-21(26)15-25-9-11-31-12-10-25/h3-7,13-14H,2,8-12,15H2,1H3,(H,23,28). The van der Waals surface area contributed by atoms with E-state index in [2.05, 4.69) is 21.7 Å². The van der Waals surface area contributed by atoms with Gasteiger partial charge in [0, 0.05) is 43.0 Å². The van der Waals surface area contributed by atoms with E-state index in [-0.39, 0.29) is 11.3 Å². The maximum atomic E-state index is 12.6. The number of nitrogens with one attached hydrogen (secondary N) is 1. The van der Waals surface area contributed by atoms with E-state index >= 15 is 0 Å². The first-order valence-corrected chi connectivity index (χ1v) is 10.4. The van der Waals surface area contributed by atoms with E-state index in [1.54, 1.807) is 6.07 Å². The van der Waals surface area contributed by atoms with Gasteiger partial charge in [-0.05, 0) is 30.7 Å². The molecule has 0 spiro atoms. The van der Waals surface area contributed by atoms with Crippen molar-refractivity contribution in [2.24, 2.45) is 0 Å². The molecular formula is C22H25N5O4. The van der Waals surface area contributed by atoms with Crippen LogP contribution in [-0.2, 0) is 17.8 Å². The molecule has 0 atom stereocenters. The van der Waals surface area contributed by atoms with Gasteiger partial charge in [0.25, 0.3) is 11.6 Å². The molecule has 1 aliphatic heterocycles. The molecule has 0 unspecified atom stereocenters. The number of anilines is 1. The van der Waals surface area contributed by atoms with Crippen LogP contribution in [0.1, 0.15) is 29.5 Å². The second-order valence-electron chi connectivity index (χ2n) is 7.53. The number of imidazole rings is 1. The molecule has 4 rings (SSSR count). The molecule has 9 nitrogen and oxygen atoms in total. The number of nitro groups is 1. The van der Waals surface area contributed by atoms with Gasteiger partial charge in [-0.1, -0.05) is 13.0 Å². The maximum Gasteiger partial charge on any atom is 0.270 e. The third-order valence-electron chi connectivity index (χ3n) is 5.32. The maximum absolute atomic E-state index is 12.6. The highest BCUT2D eigenvalue weighted by molar-refractivity contribution is 6.05. The van der Waals surface area contributed by atoms with Crippen molar-refractivity contribution in [2.75, 3.05) is 31.6 Å². The third kappa shape index (κ3) is 4.73. The molecule has 0 saturated carbocycles. The summed E-state index contributed by atoms with van der Waals surface area (Å²) >= 11 is 0. The number of nitro benzene ring substituents is 1. The second-order valence-corrected chi connectivity index (χ2v) is 7.53. The molecule has 162 valence electrons. The van der Waals surface area contributed by atoms with Gasteiger partial charge in [0.15, 0.2) is 0 Å². The average molecular weight is 423 g/mol. The first-order chi connectivity index (χ1) is 15.0. The van der Waals surface area contributed by atoms with Gasteiger partial charge in [0.2, 0.25) is 0 Å². The van der Waals surface area contributed by atoms with Crippen LogP contribution >= 0.6 is 0 Å². The van der Waals surface area contributed by atoms with Crippen LogP contribution in [-0.4, -0.2) is 51.6 Å². The summed E-state index contributed by atoms with van der Waals surface area (Å²) in [5.74, 6) is 0.602. The number of hydrogen-bond acceptors (Lipinski definition) is 6. The summed E-state index contributed by atoms with van der Waals surface area (Å²) in [5.41, 5.74) is 2.56. The van der Waals surface area contributed by atoms with Gasteiger partial charge in [-0.2, -0.15) is 0 Å². The zero-order chi connectivity index (χ0) is 21.8. The van der Waals surface area contributed by atoms with Gasteiger partial charge >= 0.3 is 0 Å². The lowest BCUT2D eigenvalue weighted by molar-refractivity contribution is -0.384. The van der Waals surface area contributed by atoms with Gasteiger partial charge < -0.3 is 14.6 Å². The molecule has 3 aromatic rings. The fourth-order valence-electron chi connectivity index (χ4n) is 3.77. The predicted octanol–water partition coefficient (Wildman–Crippen LogP) is 3.44. The zero-order valence-electron chi connectivity index (χ0n) is 17.4. The minimum atomic E-state index is -0.515. The van der Waals surface area contributed by atoms with Crippen LogP contribution in [0.25, 0.3) is 11.0 Å². The molecule has 31 heavy (non-hydrogen) atoms. The number of aryl methyl sites for hydroxylation is 1. The third-order valence-corrected chi connectivity index (χ3v) is 5.32. The Morgan fingerprint density at radius 1 is 1.23 bits per heavy atom. The van der Waals surface area contributed by atoms with Gasteiger partial charge in [0.1, 0.15) is 5.82 Å². The lowest BCUT2D eigenvalue weighted by Gasteiger charge is -2.26. The summed E-state index contributed by atoms with van der Waals surface area (Å²) in [6, 6.07) is 11.3. The first-order valence-electron chi connectivity index (χ1n) is 10.4. The van der Waals surface area contributed by atoms with Crippen LogP contribution in [0.4, 0.5) is 11.4 Å². The van der Waals surface area contributed by atoms with Crippen LogP contribution < -0.4 is 5.32 Å². The number of hydrogen-bond donors (Lipinski definition) is 1. The highest BCUT2D eigenvalue weighted by atomic mass is 16.6. The Morgan fingerprint density at radius 3 is 2.77 bits per heavy atom. The largest absolute Gasteiger partial charge is 0.379 e. The highest BCUT2D eigenvalue weighted by Gasteiger charge is 2.17. The van der Waals surface area contributed by atoms with Crippen molar-refractivity contribution in [1.82, 2.24) is 14.5 Å². The van der Waals surface area contributed by atoms with Crippen LogP contribution in [0.3, 0.4) is 0 Å². The number of fused-ring (bicyclic) bond motifs is 1. The molecule has 1 saturated heterocycles. The first kappa shape index (κ1) is 21.0. The summed E-state index contributed by atoms with van der Waals surface area (Å²) in [7, 11) is 0. The molecule has 0 aliphatic carbocycles. The Balaban J connectivity index is 1.57. The van der Waals surface area contributed by atoms with Crippen molar-refractivity contribution in [1.29, 1.82) is 0 Å². The Morgan fingerprint density at radius 2 is 2.03 bits per heavy atom. The van der Waals surface area contributed by atoms with Crippen LogP contribution in [0.2, 0.25) is 0 Å². The van der Waals surface area contributed by atoms with E-state index in [0.29, 0.717) is 5.69 Å². The molecule has 0 bridgehead atoms. The fourth-order valence-corrected chi connectivity index (χ4v) is 3.77. The van der Waals surface area contributed by atoms with Crippen molar-refractivity contribution in [3.63, 3.8) is 0 Å². The quantitative estimate of drug-likeness (QED) is 0.461. The van der Waals surface area contributed by atoms with E-state index in [9.17, 15) is 14.9 Å². The smallest absolute Gasteiger partial charge is 0.270 e. The lowest BCUT2D eigenvalue weighted by atomic mass is 10.2. The Labute approximate surface area is 179 Å². The minimum absolute atomic E-state index is 0.117. The van der Waals surface area contributed by atoms with Gasteiger partial charge in [0.05, 0.1) is 35.7 Å². The topological polar surface area (TPSA) is 103 Å². The van der Waals surface area contributed by atoms with Crippen LogP contribution in [0.15, 0.2) is 42.5 Å². The van der Waals surface area contributed by atoms with E-state index in [4.69, 9.17) is 9.72 Å². The molecule has 0 radical (unpaired) electrons. The molecule has 2 aromatic carbocycles. The summed E-state index contributed by atoms with van der Waals surface area (Å²) in [4.78, 5) is 30.2. The summed E-state index contributed by atoms with van der Waals surface area (Å²) in [6.45, 7) is 7.02. The van der Waals surface area contributed by atoms with Crippen molar-refractivity contribution < 1.29 is 14.5 Å². The van der Waals surface area contributed by atoms with E-state index in [0.717, 1.165) is 62.7 Å². The van der Waals surface area contributed by atoms with Gasteiger partial charge in [-0.25, -0.2) is 4.98 Å². The van der Waals surface area contributed by atoms with E-state index < -0.39 is 10.8 Å². The number of rotatable bonds is 7. The Hall–Kier alpha value is -3.30. The van der Waals surface area contributed by atoms with Crippen molar-refractivity contribution >= 4 is 28.3 Å². The number of amides is 1. The number of carbonyl (C=O) groups is 1. The highest BCUT2D eigenvalue weighted by Crippen LogP contribution is 2.23. The number of ether oxygens (including phenoxy) is 1. The minimum Gasteiger partial charge on any atom is -0.379 e. The normalized spacial score (nSPS) is 14.6. The zero-order valence-corrected chi connectivity index (χ0v) is 17.4. The molecule has 1 N–H and O–H groups in total. The fraction of sp³-hybridized carbons (Fsp3) is 0.364. The molecule has 2 heterocycles. The monoisotopic (exact) mass is 423 g/mol. The Kier molecular flexibility index (Phi) is 6.24. The second kappa shape index (κ2) is 9.23. The van der Waals surface area contributed by atoms with E-state index in [1.807, 2.05) is 18.2 Å². The van der Waals surface area contributed by atoms with Crippen LogP contribution in [0, 0.1) is 10.1 Å². The van der Waals surface area contributed by atoms with Crippen molar-refractivity contribution in [3.8, 4) is 0 Å². The van der Waals surface area contributed by atoms with Gasteiger partial charge in [-0.15, -0.1) is 0 Å². The molecule has 1 amide bonds. The Bertz CT molecular complexity index is 1100.